The minimum Gasteiger partial charge on any atom is -0.511 e. The number of carbonyl (C=O) groups is 3. The summed E-state index contributed by atoms with van der Waals surface area (Å²) in [5, 5.41) is 23.4. The van der Waals surface area contributed by atoms with Crippen molar-refractivity contribution >= 4 is 18.0 Å². The number of hydrogen-bond donors (Lipinski definition) is 2. The fourth-order valence-electron chi connectivity index (χ4n) is 8.79. The van der Waals surface area contributed by atoms with E-state index in [0.29, 0.717) is 18.1 Å². The van der Waals surface area contributed by atoms with E-state index in [4.69, 9.17) is 4.74 Å². The first-order valence-electron chi connectivity index (χ1n) is 14.9. The monoisotopic (exact) mass is 548 g/mol. The fraction of sp³-hybridized carbons (Fsp3) is 0.618. The number of aliphatic hydroxyl groups is 2. The van der Waals surface area contributed by atoms with E-state index < -0.39 is 34.8 Å². The molecular formula is C34H44O6. The molecule has 1 heterocycles. The zero-order valence-corrected chi connectivity index (χ0v) is 24.8. The second kappa shape index (κ2) is 9.97. The molecule has 6 heteroatoms. The van der Waals surface area contributed by atoms with Gasteiger partial charge in [-0.1, -0.05) is 70.1 Å². The van der Waals surface area contributed by atoms with Crippen LogP contribution in [-0.2, 0) is 19.1 Å². The molecule has 11 unspecified atom stereocenters. The van der Waals surface area contributed by atoms with E-state index in [9.17, 15) is 24.6 Å². The normalized spacial score (nSPS) is 48.0. The number of rotatable bonds is 1. The second-order valence-electron chi connectivity index (χ2n) is 13.7. The van der Waals surface area contributed by atoms with Gasteiger partial charge in [-0.2, -0.15) is 0 Å². The molecule has 0 amide bonds. The second-order valence-corrected chi connectivity index (χ2v) is 13.7. The quantitative estimate of drug-likeness (QED) is 0.185. The largest absolute Gasteiger partial charge is 0.511 e. The highest BCUT2D eigenvalue weighted by molar-refractivity contribution is 6.26. The molecule has 5 aliphatic rings. The minimum absolute atomic E-state index is 0.00212. The Kier molecular flexibility index (Phi) is 7.18. The lowest BCUT2D eigenvalue weighted by Gasteiger charge is -2.56. The first-order chi connectivity index (χ1) is 18.8. The van der Waals surface area contributed by atoms with Crippen LogP contribution in [0.25, 0.3) is 0 Å². The molecule has 2 fully saturated rings. The van der Waals surface area contributed by atoms with Gasteiger partial charge >= 0.3 is 5.97 Å². The van der Waals surface area contributed by atoms with Gasteiger partial charge < -0.3 is 14.9 Å². The van der Waals surface area contributed by atoms with Crippen molar-refractivity contribution in [3.05, 3.63) is 58.4 Å². The molecule has 2 bridgehead atoms. The molecule has 1 saturated carbocycles. The Hall–Kier alpha value is -2.73. The molecule has 0 aromatic heterocycles. The zero-order valence-electron chi connectivity index (χ0n) is 24.8. The maximum Gasteiger partial charge on any atom is 0.346 e. The van der Waals surface area contributed by atoms with Gasteiger partial charge in [-0.25, -0.2) is 4.79 Å². The van der Waals surface area contributed by atoms with Crippen molar-refractivity contribution in [3.63, 3.8) is 0 Å². The Morgan fingerprint density at radius 3 is 2.40 bits per heavy atom. The molecule has 1 saturated heterocycles. The van der Waals surface area contributed by atoms with Gasteiger partial charge in [-0.3, -0.25) is 9.59 Å². The molecule has 0 radical (unpaired) electrons. The number of ketones is 1. The molecule has 40 heavy (non-hydrogen) atoms. The molecule has 0 aromatic rings. The number of aldehydes is 1. The summed E-state index contributed by atoms with van der Waals surface area (Å²) in [7, 11) is 0. The van der Waals surface area contributed by atoms with E-state index in [1.807, 2.05) is 19.9 Å². The third-order valence-electron chi connectivity index (χ3n) is 11.4. The summed E-state index contributed by atoms with van der Waals surface area (Å²) >= 11 is 0. The van der Waals surface area contributed by atoms with E-state index in [-0.39, 0.29) is 52.9 Å². The summed E-state index contributed by atoms with van der Waals surface area (Å²) in [5.74, 6) is -1.38. The summed E-state index contributed by atoms with van der Waals surface area (Å²) in [6.45, 7) is 14.9. The molecule has 11 atom stereocenters. The molecule has 5 rings (SSSR count). The highest BCUT2D eigenvalue weighted by atomic mass is 16.6. The predicted octanol–water partition coefficient (Wildman–Crippen LogP) is 5.84. The van der Waals surface area contributed by atoms with Crippen LogP contribution >= 0.6 is 0 Å². The zero-order chi connectivity index (χ0) is 29.3. The first-order valence-corrected chi connectivity index (χ1v) is 14.9. The van der Waals surface area contributed by atoms with E-state index in [0.717, 1.165) is 24.0 Å². The Labute approximate surface area is 237 Å². The van der Waals surface area contributed by atoms with Crippen LogP contribution in [0.4, 0.5) is 0 Å². The average molecular weight is 549 g/mol. The lowest BCUT2D eigenvalue weighted by Crippen LogP contribution is -2.52. The molecule has 6 nitrogen and oxygen atoms in total. The topological polar surface area (TPSA) is 101 Å². The molecule has 4 aliphatic carbocycles. The lowest BCUT2D eigenvalue weighted by molar-refractivity contribution is -0.159. The van der Waals surface area contributed by atoms with E-state index in [1.165, 1.54) is 6.08 Å². The molecular weight excluding hydrogens is 504 g/mol. The van der Waals surface area contributed by atoms with Crippen LogP contribution in [0.3, 0.4) is 0 Å². The first kappa shape index (κ1) is 28.8. The van der Waals surface area contributed by atoms with Gasteiger partial charge in [0.1, 0.15) is 17.6 Å². The Morgan fingerprint density at radius 1 is 1.02 bits per heavy atom. The van der Waals surface area contributed by atoms with Crippen LogP contribution < -0.4 is 0 Å². The van der Waals surface area contributed by atoms with Crippen molar-refractivity contribution in [2.45, 2.75) is 79.4 Å². The number of Topliss-reactive ketones (excluding diaryl/α,β-unsaturated/α-hetero) is 1. The predicted molar refractivity (Wildman–Crippen MR) is 153 cm³/mol. The highest BCUT2D eigenvalue weighted by Crippen LogP contribution is 2.61. The number of ether oxygens (including phenoxy) is 1. The van der Waals surface area contributed by atoms with Crippen LogP contribution in [0.1, 0.15) is 67.7 Å². The Balaban J connectivity index is 1.79. The van der Waals surface area contributed by atoms with Crippen molar-refractivity contribution in [2.24, 2.45) is 52.8 Å². The van der Waals surface area contributed by atoms with Crippen LogP contribution in [0.15, 0.2) is 58.4 Å². The summed E-state index contributed by atoms with van der Waals surface area (Å²) in [5.41, 5.74) is -0.758. The maximum atomic E-state index is 14.5. The van der Waals surface area contributed by atoms with Gasteiger partial charge in [0, 0.05) is 17.8 Å². The SMILES string of the molecule is C/C1=C\C2C(O)C=C(C=O)CC23OC(=O)C(=C(O)C2(C)C(C=CC4C(C)C(C)CC(C)C42)/C(C)=C/CC1C)C3=O. The van der Waals surface area contributed by atoms with Crippen molar-refractivity contribution in [1.82, 2.24) is 0 Å². The van der Waals surface area contributed by atoms with Crippen molar-refractivity contribution < 1.29 is 29.3 Å². The smallest absolute Gasteiger partial charge is 0.346 e. The molecule has 216 valence electrons. The van der Waals surface area contributed by atoms with Crippen molar-refractivity contribution in [2.75, 3.05) is 0 Å². The number of fused-ring (bicyclic) bond motifs is 4. The van der Waals surface area contributed by atoms with Gasteiger partial charge in [0.15, 0.2) is 5.60 Å². The Morgan fingerprint density at radius 2 is 1.73 bits per heavy atom. The van der Waals surface area contributed by atoms with Gasteiger partial charge in [-0.15, -0.1) is 0 Å². The van der Waals surface area contributed by atoms with E-state index in [1.54, 1.807) is 0 Å². The highest BCUT2D eigenvalue weighted by Gasteiger charge is 2.63. The summed E-state index contributed by atoms with van der Waals surface area (Å²) in [4.78, 5) is 40.0. The van der Waals surface area contributed by atoms with Crippen molar-refractivity contribution in [1.29, 1.82) is 0 Å². The van der Waals surface area contributed by atoms with Gasteiger partial charge in [0.05, 0.1) is 12.0 Å². The van der Waals surface area contributed by atoms with Crippen molar-refractivity contribution in [3.8, 4) is 0 Å². The number of aliphatic hydroxyl groups excluding tert-OH is 2. The van der Waals surface area contributed by atoms with Gasteiger partial charge in [0.25, 0.3) is 0 Å². The number of carbonyl (C=O) groups excluding carboxylic acids is 3. The summed E-state index contributed by atoms with van der Waals surface area (Å²) in [6, 6.07) is 0. The number of allylic oxidation sites excluding steroid dienone is 6. The van der Waals surface area contributed by atoms with E-state index in [2.05, 4.69) is 52.8 Å². The average Bonchev–Trinajstić information content (AvgIpc) is 3.14. The van der Waals surface area contributed by atoms with Crippen LogP contribution in [-0.4, -0.2) is 40.0 Å². The summed E-state index contributed by atoms with van der Waals surface area (Å²) < 4.78 is 5.94. The van der Waals surface area contributed by atoms with Crippen LogP contribution in [0, 0.1) is 52.8 Å². The Bertz CT molecular complexity index is 1280. The third kappa shape index (κ3) is 4.04. The molecule has 1 spiro atoms. The van der Waals surface area contributed by atoms with Crippen LogP contribution in [0.5, 0.6) is 0 Å². The fourth-order valence-corrected chi connectivity index (χ4v) is 8.79. The maximum absolute atomic E-state index is 14.5. The number of hydrogen-bond acceptors (Lipinski definition) is 6. The van der Waals surface area contributed by atoms with E-state index >= 15 is 0 Å². The lowest BCUT2D eigenvalue weighted by atomic mass is 9.48. The standard InChI is InChI=1S/C34H44O6/c1-17-8-9-18(2)25-11-10-24-22(6)20(4)12-21(5)29(24)33(25,7)30(37)28-31(38)34(40-32(28)39)15-23(16-35)14-27(36)26(34)13-19(17)3/h9-11,13-14,16-17,20-22,24-27,29,36-37H,8,12,15H2,1-7H3/b18-9+,19-13+,30-28?. The third-order valence-corrected chi connectivity index (χ3v) is 11.4. The van der Waals surface area contributed by atoms with Crippen LogP contribution in [0.2, 0.25) is 0 Å². The minimum atomic E-state index is -1.78. The van der Waals surface area contributed by atoms with Gasteiger partial charge in [-0.05, 0) is 73.8 Å². The molecule has 0 aromatic carbocycles. The summed E-state index contributed by atoms with van der Waals surface area (Å²) in [6.07, 6.45) is 11.0. The molecule has 2 N–H and O–H groups in total. The van der Waals surface area contributed by atoms with Gasteiger partial charge in [0.2, 0.25) is 5.78 Å². The number of esters is 1. The molecule has 1 aliphatic heterocycles.